The summed E-state index contributed by atoms with van der Waals surface area (Å²) < 4.78 is 0. The maximum atomic E-state index is 12.8. The van der Waals surface area contributed by atoms with E-state index in [4.69, 9.17) is 5.73 Å². The fourth-order valence-electron chi connectivity index (χ4n) is 3.33. The minimum atomic E-state index is 0. The van der Waals surface area contributed by atoms with E-state index >= 15 is 0 Å². The number of nitrogens with zero attached hydrogens (tertiary/aromatic N) is 2. The van der Waals surface area contributed by atoms with Crippen LogP contribution in [0.25, 0.3) is 0 Å². The number of carbonyl (C=O) groups excluding carboxylic acids is 1. The van der Waals surface area contributed by atoms with Crippen molar-refractivity contribution in [2.24, 2.45) is 0 Å². The van der Waals surface area contributed by atoms with Crippen LogP contribution in [-0.4, -0.2) is 31.4 Å². The molecule has 1 fully saturated rings. The molecule has 0 radical (unpaired) electrons. The summed E-state index contributed by atoms with van der Waals surface area (Å²) in [7, 11) is 4.08. The molecule has 1 aliphatic rings. The van der Waals surface area contributed by atoms with E-state index in [0.717, 1.165) is 30.6 Å². The van der Waals surface area contributed by atoms with Gasteiger partial charge >= 0.3 is 0 Å². The third-order valence-corrected chi connectivity index (χ3v) is 4.68. The summed E-state index contributed by atoms with van der Waals surface area (Å²) in [5.74, 6) is 0.192. The number of hydrogen-bond donors (Lipinski definition) is 1. The van der Waals surface area contributed by atoms with Crippen LogP contribution in [0.3, 0.4) is 0 Å². The molecule has 4 nitrogen and oxygen atoms in total. The molecule has 26 heavy (non-hydrogen) atoms. The number of nitrogen functional groups attached to an aromatic ring is 1. The minimum Gasteiger partial charge on any atom is -0.399 e. The number of hydrogen-bond acceptors (Lipinski definition) is 3. The molecule has 0 spiro atoms. The Hall–Kier alpha value is -1.91. The van der Waals surface area contributed by atoms with Crippen molar-refractivity contribution in [3.8, 4) is 0 Å². The Balaban J connectivity index is 0.00000169. The van der Waals surface area contributed by atoms with Gasteiger partial charge in [0, 0.05) is 32.0 Å². The van der Waals surface area contributed by atoms with Gasteiger partial charge in [-0.3, -0.25) is 4.79 Å². The highest BCUT2D eigenvalue weighted by molar-refractivity contribution is 5.85. The molecule has 1 amide bonds. The van der Waals surface area contributed by atoms with E-state index in [0.29, 0.717) is 6.42 Å². The third-order valence-electron chi connectivity index (χ3n) is 4.68. The molecule has 2 aromatic rings. The molecule has 0 bridgehead atoms. The SMILES string of the molecule is CN(C)c1cccc(C2CCCN2C(=O)Cc2ccc(N)cc2)c1.Cl.Cl. The fourth-order valence-corrected chi connectivity index (χ4v) is 3.33. The van der Waals surface area contributed by atoms with Gasteiger partial charge in [0.25, 0.3) is 0 Å². The van der Waals surface area contributed by atoms with Gasteiger partial charge in [-0.05, 0) is 48.2 Å². The van der Waals surface area contributed by atoms with Gasteiger partial charge < -0.3 is 15.5 Å². The van der Waals surface area contributed by atoms with E-state index in [2.05, 4.69) is 29.2 Å². The first kappa shape index (κ1) is 22.1. The van der Waals surface area contributed by atoms with E-state index in [1.807, 2.05) is 43.3 Å². The maximum absolute atomic E-state index is 12.8. The molecule has 0 aliphatic carbocycles. The molecular formula is C20H27Cl2N3O. The minimum absolute atomic E-state index is 0. The molecule has 1 aliphatic heterocycles. The highest BCUT2D eigenvalue weighted by atomic mass is 35.5. The maximum Gasteiger partial charge on any atom is 0.227 e. The summed E-state index contributed by atoms with van der Waals surface area (Å²) in [5.41, 5.74) is 9.86. The first-order chi connectivity index (χ1) is 11.5. The summed E-state index contributed by atoms with van der Waals surface area (Å²) >= 11 is 0. The van der Waals surface area contributed by atoms with Crippen LogP contribution in [0.4, 0.5) is 11.4 Å². The normalized spacial score (nSPS) is 15.8. The van der Waals surface area contributed by atoms with Crippen molar-refractivity contribution in [2.75, 3.05) is 31.3 Å². The molecule has 1 unspecified atom stereocenters. The Labute approximate surface area is 168 Å². The van der Waals surface area contributed by atoms with Crippen molar-refractivity contribution in [1.29, 1.82) is 0 Å². The molecular weight excluding hydrogens is 369 g/mol. The zero-order valence-electron chi connectivity index (χ0n) is 15.2. The average molecular weight is 396 g/mol. The topological polar surface area (TPSA) is 49.6 Å². The lowest BCUT2D eigenvalue weighted by atomic mass is 10.0. The van der Waals surface area contributed by atoms with Crippen molar-refractivity contribution < 1.29 is 4.79 Å². The second-order valence-electron chi connectivity index (χ2n) is 6.65. The van der Waals surface area contributed by atoms with Crippen LogP contribution in [0, 0.1) is 0 Å². The van der Waals surface area contributed by atoms with E-state index in [-0.39, 0.29) is 36.8 Å². The van der Waals surface area contributed by atoms with Gasteiger partial charge in [-0.2, -0.15) is 0 Å². The van der Waals surface area contributed by atoms with E-state index < -0.39 is 0 Å². The number of carbonyl (C=O) groups is 1. The van der Waals surface area contributed by atoms with Gasteiger partial charge in [-0.15, -0.1) is 24.8 Å². The van der Waals surface area contributed by atoms with Crippen LogP contribution in [0.2, 0.25) is 0 Å². The van der Waals surface area contributed by atoms with E-state index in [1.165, 1.54) is 11.3 Å². The second-order valence-corrected chi connectivity index (χ2v) is 6.65. The highest BCUT2D eigenvalue weighted by Gasteiger charge is 2.29. The van der Waals surface area contributed by atoms with Gasteiger partial charge in [-0.1, -0.05) is 24.3 Å². The number of nitrogens with two attached hydrogens (primary N) is 1. The smallest absolute Gasteiger partial charge is 0.227 e. The molecule has 2 aromatic carbocycles. The highest BCUT2D eigenvalue weighted by Crippen LogP contribution is 2.33. The van der Waals surface area contributed by atoms with Gasteiger partial charge in [-0.25, -0.2) is 0 Å². The van der Waals surface area contributed by atoms with Crippen molar-refractivity contribution in [2.45, 2.75) is 25.3 Å². The van der Waals surface area contributed by atoms with E-state index in [1.54, 1.807) is 0 Å². The molecule has 1 heterocycles. The standard InChI is InChI=1S/C20H25N3O.2ClH/c1-22(2)18-6-3-5-16(14-18)19-7-4-12-23(19)20(24)13-15-8-10-17(21)11-9-15;;/h3,5-6,8-11,14,19H,4,7,12-13,21H2,1-2H3;2*1H. The van der Waals surface area contributed by atoms with Crippen molar-refractivity contribution in [3.63, 3.8) is 0 Å². The summed E-state index contributed by atoms with van der Waals surface area (Å²) in [6, 6.07) is 16.3. The van der Waals surface area contributed by atoms with Crippen LogP contribution >= 0.6 is 24.8 Å². The van der Waals surface area contributed by atoms with Crippen LogP contribution < -0.4 is 10.6 Å². The van der Waals surface area contributed by atoms with E-state index in [9.17, 15) is 4.79 Å². The van der Waals surface area contributed by atoms with Crippen LogP contribution in [0.1, 0.15) is 30.0 Å². The molecule has 2 N–H and O–H groups in total. The zero-order valence-corrected chi connectivity index (χ0v) is 16.9. The second kappa shape index (κ2) is 9.70. The van der Waals surface area contributed by atoms with Gasteiger partial charge in [0.05, 0.1) is 12.5 Å². The van der Waals surface area contributed by atoms with Crippen molar-refractivity contribution >= 4 is 42.1 Å². The number of likely N-dealkylation sites (tertiary alicyclic amines) is 1. The molecule has 142 valence electrons. The lowest BCUT2D eigenvalue weighted by molar-refractivity contribution is -0.131. The molecule has 6 heteroatoms. The first-order valence-corrected chi connectivity index (χ1v) is 8.46. The Morgan fingerprint density at radius 2 is 1.85 bits per heavy atom. The number of anilines is 2. The van der Waals surface area contributed by atoms with Crippen LogP contribution in [0.15, 0.2) is 48.5 Å². The number of benzene rings is 2. The first-order valence-electron chi connectivity index (χ1n) is 8.46. The zero-order chi connectivity index (χ0) is 17.1. The van der Waals surface area contributed by atoms with Gasteiger partial charge in [0.2, 0.25) is 5.91 Å². The summed E-state index contributed by atoms with van der Waals surface area (Å²) in [6.07, 6.45) is 2.53. The van der Waals surface area contributed by atoms with Gasteiger partial charge in [0.1, 0.15) is 0 Å². The molecule has 0 saturated carbocycles. The fraction of sp³-hybridized carbons (Fsp3) is 0.350. The van der Waals surface area contributed by atoms with Crippen LogP contribution in [0.5, 0.6) is 0 Å². The average Bonchev–Trinajstić information content (AvgIpc) is 3.07. The van der Waals surface area contributed by atoms with Gasteiger partial charge in [0.15, 0.2) is 0 Å². The van der Waals surface area contributed by atoms with Crippen LogP contribution in [-0.2, 0) is 11.2 Å². The summed E-state index contributed by atoms with van der Waals surface area (Å²) in [5, 5.41) is 0. The van der Waals surface area contributed by atoms with Crippen molar-refractivity contribution in [1.82, 2.24) is 4.90 Å². The number of halogens is 2. The third kappa shape index (κ3) is 5.05. The Bertz CT molecular complexity index is 719. The Kier molecular flexibility index (Phi) is 8.25. The number of rotatable bonds is 4. The quantitative estimate of drug-likeness (QED) is 0.793. The predicted octanol–water partition coefficient (Wildman–Crippen LogP) is 4.08. The largest absolute Gasteiger partial charge is 0.399 e. The molecule has 1 atom stereocenters. The summed E-state index contributed by atoms with van der Waals surface area (Å²) in [6.45, 7) is 0.838. The predicted molar refractivity (Wildman–Crippen MR) is 114 cm³/mol. The Morgan fingerprint density at radius 3 is 2.50 bits per heavy atom. The monoisotopic (exact) mass is 395 g/mol. The molecule has 0 aromatic heterocycles. The summed E-state index contributed by atoms with van der Waals surface area (Å²) in [4.78, 5) is 16.9. The molecule has 3 rings (SSSR count). The lowest BCUT2D eigenvalue weighted by Crippen LogP contribution is -2.31. The van der Waals surface area contributed by atoms with Crippen molar-refractivity contribution in [3.05, 3.63) is 59.7 Å². The number of amides is 1. The molecule has 1 saturated heterocycles. The Morgan fingerprint density at radius 1 is 1.15 bits per heavy atom. The lowest BCUT2D eigenvalue weighted by Gasteiger charge is -2.26.